The van der Waals surface area contributed by atoms with Crippen molar-refractivity contribution >= 4 is 28.8 Å². The van der Waals surface area contributed by atoms with Gasteiger partial charge >= 0.3 is 12.4 Å². The zero-order chi connectivity index (χ0) is 20.4. The summed E-state index contributed by atoms with van der Waals surface area (Å²) in [6.07, 6.45) is -8.64. The lowest BCUT2D eigenvalue weighted by atomic mass is 10.1. The fourth-order valence-electron chi connectivity index (χ4n) is 2.09. The van der Waals surface area contributed by atoms with Crippen LogP contribution in [0.3, 0.4) is 0 Å². The molecule has 0 spiro atoms. The maximum Gasteiger partial charge on any atom is 0.416 e. The third-order valence-corrected chi connectivity index (χ3v) is 3.86. The van der Waals surface area contributed by atoms with Crippen LogP contribution in [0.2, 0.25) is 0 Å². The van der Waals surface area contributed by atoms with Gasteiger partial charge in [0.2, 0.25) is 0 Å². The van der Waals surface area contributed by atoms with Crippen LogP contribution in [0, 0.1) is 0 Å². The van der Waals surface area contributed by atoms with Gasteiger partial charge in [-0.1, -0.05) is 12.2 Å². The fraction of sp³-hybridized carbons (Fsp3) is 0.250. The number of nitrogens with one attached hydrogen (secondary N) is 1. The van der Waals surface area contributed by atoms with Gasteiger partial charge in [-0.15, -0.1) is 0 Å². The van der Waals surface area contributed by atoms with Crippen molar-refractivity contribution in [1.29, 1.82) is 0 Å². The SMILES string of the molecule is CN(Cc1ccco1)C(=S)C(=O)Nc1cc(C(F)(F)F)cc(C(F)(F)F)c1. The van der Waals surface area contributed by atoms with Crippen LogP contribution in [-0.2, 0) is 23.7 Å². The van der Waals surface area contributed by atoms with Crippen LogP contribution in [0.15, 0.2) is 41.0 Å². The molecule has 0 aliphatic carbocycles. The van der Waals surface area contributed by atoms with Crippen LogP contribution < -0.4 is 5.32 Å². The molecule has 27 heavy (non-hydrogen) atoms. The molecule has 146 valence electrons. The lowest BCUT2D eigenvalue weighted by molar-refractivity contribution is -0.143. The molecule has 0 saturated heterocycles. The Morgan fingerprint density at radius 1 is 1.11 bits per heavy atom. The molecule has 1 amide bonds. The van der Waals surface area contributed by atoms with Gasteiger partial charge < -0.3 is 14.6 Å². The van der Waals surface area contributed by atoms with Gasteiger partial charge in [0, 0.05) is 12.7 Å². The quantitative estimate of drug-likeness (QED) is 0.588. The van der Waals surface area contributed by atoms with E-state index in [-0.39, 0.29) is 17.6 Å². The molecule has 0 unspecified atom stereocenters. The Hall–Kier alpha value is -2.56. The average Bonchev–Trinajstić information content (AvgIpc) is 3.05. The number of benzene rings is 1. The molecule has 1 aromatic heterocycles. The molecule has 0 radical (unpaired) electrons. The molecular formula is C16H12F6N2O2S. The summed E-state index contributed by atoms with van der Waals surface area (Å²) in [5.74, 6) is -0.558. The van der Waals surface area contributed by atoms with Crippen LogP contribution in [0.5, 0.6) is 0 Å². The number of likely N-dealkylation sites (N-methyl/N-ethyl adjacent to an activating group) is 1. The molecule has 2 aromatic rings. The zero-order valence-corrected chi connectivity index (χ0v) is 14.4. The minimum Gasteiger partial charge on any atom is -0.467 e. The van der Waals surface area contributed by atoms with Crippen molar-refractivity contribution in [3.8, 4) is 0 Å². The highest BCUT2D eigenvalue weighted by molar-refractivity contribution is 7.82. The number of hydrogen-bond donors (Lipinski definition) is 1. The van der Waals surface area contributed by atoms with E-state index in [1.165, 1.54) is 18.2 Å². The Morgan fingerprint density at radius 2 is 1.67 bits per heavy atom. The Bertz CT molecular complexity index is 798. The van der Waals surface area contributed by atoms with Gasteiger partial charge in [-0.05, 0) is 30.3 Å². The molecule has 4 nitrogen and oxygen atoms in total. The summed E-state index contributed by atoms with van der Waals surface area (Å²) in [4.78, 5) is 13.0. The number of carbonyl (C=O) groups is 1. The molecule has 0 fully saturated rings. The van der Waals surface area contributed by atoms with Crippen LogP contribution in [-0.4, -0.2) is 22.8 Å². The van der Waals surface area contributed by atoms with Crippen molar-refractivity contribution in [3.05, 3.63) is 53.5 Å². The molecule has 1 aromatic carbocycles. The predicted molar refractivity (Wildman–Crippen MR) is 87.8 cm³/mol. The lowest BCUT2D eigenvalue weighted by Crippen LogP contribution is -2.35. The monoisotopic (exact) mass is 410 g/mol. The minimum atomic E-state index is -5.02. The van der Waals surface area contributed by atoms with Crippen LogP contribution in [0.1, 0.15) is 16.9 Å². The van der Waals surface area contributed by atoms with E-state index >= 15 is 0 Å². The van der Waals surface area contributed by atoms with Crippen LogP contribution in [0.4, 0.5) is 32.0 Å². The molecule has 0 aliphatic heterocycles. The topological polar surface area (TPSA) is 45.5 Å². The number of rotatable bonds is 3. The normalized spacial score (nSPS) is 12.0. The molecule has 0 saturated carbocycles. The van der Waals surface area contributed by atoms with Gasteiger partial charge in [0.25, 0.3) is 5.91 Å². The fourth-order valence-corrected chi connectivity index (χ4v) is 2.21. The third kappa shape index (κ3) is 5.46. The predicted octanol–water partition coefficient (Wildman–Crippen LogP) is 4.72. The number of alkyl halides is 6. The Morgan fingerprint density at radius 3 is 2.11 bits per heavy atom. The van der Waals surface area contributed by atoms with E-state index in [2.05, 4.69) is 0 Å². The van der Waals surface area contributed by atoms with E-state index in [4.69, 9.17) is 16.6 Å². The van der Waals surface area contributed by atoms with E-state index in [0.717, 1.165) is 0 Å². The standard InChI is InChI=1S/C16H12F6N2O2S/c1-24(8-12-3-2-4-26-12)14(27)13(25)23-11-6-9(15(17,18)19)5-10(7-11)16(20,21)22/h2-7H,8H2,1H3,(H,23,25). The average molecular weight is 410 g/mol. The number of halogens is 6. The van der Waals surface area contributed by atoms with Gasteiger partial charge in [-0.25, -0.2) is 0 Å². The largest absolute Gasteiger partial charge is 0.467 e. The molecule has 0 aliphatic rings. The van der Waals surface area contributed by atoms with Gasteiger partial charge in [0.1, 0.15) is 5.76 Å². The number of hydrogen-bond acceptors (Lipinski definition) is 3. The highest BCUT2D eigenvalue weighted by Crippen LogP contribution is 2.37. The molecule has 2 rings (SSSR count). The first-order chi connectivity index (χ1) is 12.4. The molecule has 1 heterocycles. The number of carbonyl (C=O) groups excluding carboxylic acids is 1. The smallest absolute Gasteiger partial charge is 0.416 e. The minimum absolute atomic E-state index is 0.0307. The van der Waals surface area contributed by atoms with E-state index < -0.39 is 35.1 Å². The lowest BCUT2D eigenvalue weighted by Gasteiger charge is -2.19. The molecular weight excluding hydrogens is 398 g/mol. The summed E-state index contributed by atoms with van der Waals surface area (Å²) in [7, 11) is 1.43. The summed E-state index contributed by atoms with van der Waals surface area (Å²) in [6, 6.07) is 3.99. The van der Waals surface area contributed by atoms with Crippen molar-refractivity contribution < 1.29 is 35.6 Å². The van der Waals surface area contributed by atoms with Crippen molar-refractivity contribution in [2.24, 2.45) is 0 Å². The van der Waals surface area contributed by atoms with E-state index in [0.29, 0.717) is 17.9 Å². The first-order valence-electron chi connectivity index (χ1n) is 7.26. The second kappa shape index (κ2) is 7.59. The van der Waals surface area contributed by atoms with E-state index in [9.17, 15) is 31.1 Å². The zero-order valence-electron chi connectivity index (χ0n) is 13.6. The molecule has 11 heteroatoms. The molecule has 1 N–H and O–H groups in total. The summed E-state index contributed by atoms with van der Waals surface area (Å²) in [5, 5.41) is 1.97. The number of amides is 1. The number of anilines is 1. The highest BCUT2D eigenvalue weighted by Gasteiger charge is 2.37. The second-order valence-electron chi connectivity index (χ2n) is 5.49. The molecule has 0 bridgehead atoms. The second-order valence-corrected chi connectivity index (χ2v) is 5.88. The van der Waals surface area contributed by atoms with Crippen molar-refractivity contribution in [2.45, 2.75) is 18.9 Å². The number of furan rings is 1. The van der Waals surface area contributed by atoms with Crippen LogP contribution >= 0.6 is 12.2 Å². The Balaban J connectivity index is 2.22. The third-order valence-electron chi connectivity index (χ3n) is 3.36. The summed E-state index contributed by atoms with van der Waals surface area (Å²) >= 11 is 4.91. The summed E-state index contributed by atoms with van der Waals surface area (Å²) in [6.45, 7) is 0.0929. The van der Waals surface area contributed by atoms with Gasteiger partial charge in [0.05, 0.1) is 23.9 Å². The van der Waals surface area contributed by atoms with Gasteiger partial charge in [0.15, 0.2) is 4.99 Å². The first-order valence-corrected chi connectivity index (χ1v) is 7.67. The van der Waals surface area contributed by atoms with Crippen LogP contribution in [0.25, 0.3) is 0 Å². The van der Waals surface area contributed by atoms with E-state index in [1.807, 2.05) is 5.32 Å². The van der Waals surface area contributed by atoms with Crippen molar-refractivity contribution in [1.82, 2.24) is 4.90 Å². The van der Waals surface area contributed by atoms with Crippen molar-refractivity contribution in [3.63, 3.8) is 0 Å². The maximum atomic E-state index is 12.8. The first kappa shape index (κ1) is 20.7. The van der Waals surface area contributed by atoms with Crippen molar-refractivity contribution in [2.75, 3.05) is 12.4 Å². The van der Waals surface area contributed by atoms with Gasteiger partial charge in [-0.2, -0.15) is 26.3 Å². The molecule has 0 atom stereocenters. The number of nitrogens with zero attached hydrogens (tertiary/aromatic N) is 1. The van der Waals surface area contributed by atoms with E-state index in [1.54, 1.807) is 12.1 Å². The summed E-state index contributed by atoms with van der Waals surface area (Å²) in [5.41, 5.74) is -3.75. The highest BCUT2D eigenvalue weighted by atomic mass is 32.1. The van der Waals surface area contributed by atoms with Gasteiger partial charge in [-0.3, -0.25) is 4.79 Å². The Labute approximate surface area is 154 Å². The number of thiocarbonyl (C=S) groups is 1. The Kier molecular flexibility index (Phi) is 5.83. The summed E-state index contributed by atoms with van der Waals surface area (Å²) < 4.78 is 82.2. The maximum absolute atomic E-state index is 12.8.